The number of hydrogen-bond donors (Lipinski definition) is 1. The van der Waals surface area contributed by atoms with E-state index in [1.807, 2.05) is 39.0 Å². The van der Waals surface area contributed by atoms with Crippen LogP contribution in [0.3, 0.4) is 0 Å². The van der Waals surface area contributed by atoms with Crippen molar-refractivity contribution < 1.29 is 4.79 Å². The van der Waals surface area contributed by atoms with Gasteiger partial charge in [-0.25, -0.2) is 0 Å². The van der Waals surface area contributed by atoms with Gasteiger partial charge in [-0.1, -0.05) is 23.7 Å². The highest BCUT2D eigenvalue weighted by molar-refractivity contribution is 6.31. The molecule has 0 unspecified atom stereocenters. The lowest BCUT2D eigenvalue weighted by Gasteiger charge is -2.04. The Morgan fingerprint density at radius 2 is 2.12 bits per heavy atom. The number of hydrogen-bond acceptors (Lipinski definition) is 1. The standard InChI is InChI=1S/C13H16ClNO/c1-9(2)15-13(16)7-6-11-5-4-10(3)12(14)8-11/h4-9H,1-3H3,(H,15,16)/b7-6-. The zero-order valence-electron chi connectivity index (χ0n) is 9.75. The summed E-state index contributed by atoms with van der Waals surface area (Å²) in [6, 6.07) is 5.86. The zero-order valence-corrected chi connectivity index (χ0v) is 10.5. The quantitative estimate of drug-likeness (QED) is 0.804. The molecule has 0 bridgehead atoms. The number of aryl methyl sites for hydroxylation is 1. The van der Waals surface area contributed by atoms with E-state index in [2.05, 4.69) is 5.32 Å². The monoisotopic (exact) mass is 237 g/mol. The van der Waals surface area contributed by atoms with Crippen molar-refractivity contribution in [1.82, 2.24) is 5.32 Å². The maximum Gasteiger partial charge on any atom is 0.244 e. The molecule has 1 aromatic carbocycles. The molecule has 1 N–H and O–H groups in total. The van der Waals surface area contributed by atoms with Crippen molar-refractivity contribution in [2.45, 2.75) is 26.8 Å². The average molecular weight is 238 g/mol. The Kier molecular flexibility index (Phi) is 4.56. The molecule has 1 amide bonds. The van der Waals surface area contributed by atoms with Gasteiger partial charge in [0.15, 0.2) is 0 Å². The van der Waals surface area contributed by atoms with Gasteiger partial charge in [-0.3, -0.25) is 4.79 Å². The van der Waals surface area contributed by atoms with E-state index in [0.29, 0.717) is 5.02 Å². The number of benzene rings is 1. The van der Waals surface area contributed by atoms with E-state index >= 15 is 0 Å². The van der Waals surface area contributed by atoms with Crippen molar-refractivity contribution in [2.24, 2.45) is 0 Å². The smallest absolute Gasteiger partial charge is 0.244 e. The average Bonchev–Trinajstić information content (AvgIpc) is 2.19. The SMILES string of the molecule is Cc1ccc(/C=C\C(=O)NC(C)C)cc1Cl. The van der Waals surface area contributed by atoms with E-state index in [1.165, 1.54) is 6.08 Å². The topological polar surface area (TPSA) is 29.1 Å². The van der Waals surface area contributed by atoms with Gasteiger partial charge in [0.25, 0.3) is 0 Å². The van der Waals surface area contributed by atoms with Crippen molar-refractivity contribution in [3.05, 3.63) is 40.4 Å². The molecule has 3 heteroatoms. The lowest BCUT2D eigenvalue weighted by molar-refractivity contribution is -0.116. The second kappa shape index (κ2) is 5.71. The molecule has 0 aliphatic heterocycles. The molecular formula is C13H16ClNO. The molecule has 0 aliphatic carbocycles. The molecule has 0 heterocycles. The van der Waals surface area contributed by atoms with E-state index in [4.69, 9.17) is 11.6 Å². The Morgan fingerprint density at radius 1 is 1.44 bits per heavy atom. The fraction of sp³-hybridized carbons (Fsp3) is 0.308. The molecule has 1 rings (SSSR count). The molecule has 0 aromatic heterocycles. The maximum absolute atomic E-state index is 11.3. The number of rotatable bonds is 3. The summed E-state index contributed by atoms with van der Waals surface area (Å²) in [5.74, 6) is -0.0910. The largest absolute Gasteiger partial charge is 0.350 e. The third-order valence-electron chi connectivity index (χ3n) is 2.05. The molecular weight excluding hydrogens is 222 g/mol. The van der Waals surface area contributed by atoms with Gasteiger partial charge in [0.2, 0.25) is 5.91 Å². The zero-order chi connectivity index (χ0) is 12.1. The first-order valence-corrected chi connectivity index (χ1v) is 5.61. The highest BCUT2D eigenvalue weighted by atomic mass is 35.5. The van der Waals surface area contributed by atoms with E-state index in [-0.39, 0.29) is 11.9 Å². The minimum Gasteiger partial charge on any atom is -0.350 e. The van der Waals surface area contributed by atoms with Crippen LogP contribution in [0.25, 0.3) is 6.08 Å². The van der Waals surface area contributed by atoms with Crippen LogP contribution in [-0.4, -0.2) is 11.9 Å². The van der Waals surface area contributed by atoms with Crippen molar-refractivity contribution in [3.8, 4) is 0 Å². The van der Waals surface area contributed by atoms with Crippen molar-refractivity contribution in [1.29, 1.82) is 0 Å². The van der Waals surface area contributed by atoms with Gasteiger partial charge < -0.3 is 5.32 Å². The highest BCUT2D eigenvalue weighted by Gasteiger charge is 1.98. The summed E-state index contributed by atoms with van der Waals surface area (Å²) in [5, 5.41) is 3.49. The third kappa shape index (κ3) is 4.07. The first kappa shape index (κ1) is 12.8. The van der Waals surface area contributed by atoms with Gasteiger partial charge in [0.1, 0.15) is 0 Å². The van der Waals surface area contributed by atoms with Crippen LogP contribution < -0.4 is 5.32 Å². The third-order valence-corrected chi connectivity index (χ3v) is 2.46. The second-order valence-electron chi connectivity index (χ2n) is 4.01. The van der Waals surface area contributed by atoms with E-state index in [9.17, 15) is 4.79 Å². The lowest BCUT2D eigenvalue weighted by Crippen LogP contribution is -2.28. The molecule has 1 aromatic rings. The number of halogens is 1. The number of carbonyl (C=O) groups is 1. The molecule has 86 valence electrons. The van der Waals surface area contributed by atoms with Crippen LogP contribution in [0.15, 0.2) is 24.3 Å². The molecule has 0 spiro atoms. The number of amides is 1. The van der Waals surface area contributed by atoms with Crippen LogP contribution in [0.2, 0.25) is 5.02 Å². The Bertz CT molecular complexity index is 410. The van der Waals surface area contributed by atoms with E-state index in [0.717, 1.165) is 11.1 Å². The maximum atomic E-state index is 11.3. The molecule has 0 saturated carbocycles. The summed E-state index contributed by atoms with van der Waals surface area (Å²) in [7, 11) is 0. The molecule has 0 atom stereocenters. The highest BCUT2D eigenvalue weighted by Crippen LogP contribution is 2.17. The Hall–Kier alpha value is -1.28. The molecule has 0 fully saturated rings. The first-order chi connectivity index (χ1) is 7.49. The van der Waals surface area contributed by atoms with Crippen LogP contribution in [0.5, 0.6) is 0 Å². The minimum absolute atomic E-state index is 0.0910. The summed E-state index contributed by atoms with van der Waals surface area (Å²) < 4.78 is 0. The number of nitrogens with one attached hydrogen (secondary N) is 1. The first-order valence-electron chi connectivity index (χ1n) is 5.24. The van der Waals surface area contributed by atoms with Crippen LogP contribution in [0, 0.1) is 6.92 Å². The lowest BCUT2D eigenvalue weighted by atomic mass is 10.1. The molecule has 16 heavy (non-hydrogen) atoms. The van der Waals surface area contributed by atoms with Crippen LogP contribution in [0.4, 0.5) is 0 Å². The summed E-state index contributed by atoms with van der Waals surface area (Å²) in [4.78, 5) is 11.3. The van der Waals surface area contributed by atoms with Crippen LogP contribution in [0.1, 0.15) is 25.0 Å². The van der Waals surface area contributed by atoms with Crippen molar-refractivity contribution in [2.75, 3.05) is 0 Å². The van der Waals surface area contributed by atoms with Crippen LogP contribution in [-0.2, 0) is 4.79 Å². The van der Waals surface area contributed by atoms with Gasteiger partial charge in [-0.15, -0.1) is 0 Å². The predicted molar refractivity (Wildman–Crippen MR) is 68.5 cm³/mol. The van der Waals surface area contributed by atoms with Crippen molar-refractivity contribution in [3.63, 3.8) is 0 Å². The normalized spacial score (nSPS) is 11.1. The van der Waals surface area contributed by atoms with Crippen LogP contribution >= 0.6 is 11.6 Å². The predicted octanol–water partition coefficient (Wildman–Crippen LogP) is 3.19. The van der Waals surface area contributed by atoms with Gasteiger partial charge in [-0.2, -0.15) is 0 Å². The van der Waals surface area contributed by atoms with Gasteiger partial charge in [-0.05, 0) is 44.0 Å². The second-order valence-corrected chi connectivity index (χ2v) is 4.41. The number of carbonyl (C=O) groups excluding carboxylic acids is 1. The molecule has 2 nitrogen and oxygen atoms in total. The summed E-state index contributed by atoms with van der Waals surface area (Å²) in [6.45, 7) is 5.80. The Morgan fingerprint density at radius 3 is 2.69 bits per heavy atom. The fourth-order valence-electron chi connectivity index (χ4n) is 1.22. The molecule has 0 saturated heterocycles. The van der Waals surface area contributed by atoms with Crippen molar-refractivity contribution >= 4 is 23.6 Å². The summed E-state index contributed by atoms with van der Waals surface area (Å²) in [5.41, 5.74) is 1.96. The Balaban J connectivity index is 2.69. The summed E-state index contributed by atoms with van der Waals surface area (Å²) in [6.07, 6.45) is 3.27. The van der Waals surface area contributed by atoms with Gasteiger partial charge in [0.05, 0.1) is 0 Å². The van der Waals surface area contributed by atoms with E-state index < -0.39 is 0 Å². The van der Waals surface area contributed by atoms with E-state index in [1.54, 1.807) is 6.08 Å². The molecule has 0 radical (unpaired) electrons. The fourth-order valence-corrected chi connectivity index (χ4v) is 1.41. The minimum atomic E-state index is -0.0910. The summed E-state index contributed by atoms with van der Waals surface area (Å²) >= 11 is 5.98. The molecule has 0 aliphatic rings. The van der Waals surface area contributed by atoms with Gasteiger partial charge >= 0.3 is 0 Å². The van der Waals surface area contributed by atoms with Gasteiger partial charge in [0, 0.05) is 17.1 Å². The Labute approximate surface area is 101 Å².